The van der Waals surface area contributed by atoms with Gasteiger partial charge in [-0.1, -0.05) is 29.1 Å². The van der Waals surface area contributed by atoms with Crippen molar-refractivity contribution in [3.8, 4) is 17.1 Å². The number of non-ortho nitro benzene ring substituents is 1. The van der Waals surface area contributed by atoms with Crippen LogP contribution in [0.15, 0.2) is 58.2 Å². The van der Waals surface area contributed by atoms with Crippen molar-refractivity contribution in [1.29, 1.82) is 0 Å². The largest absolute Gasteiger partial charge is 0.497 e. The molecular weight excluding hydrogens is 410 g/mol. The van der Waals surface area contributed by atoms with Crippen LogP contribution in [-0.2, 0) is 12.3 Å². The molecule has 2 heterocycles. The fraction of sp³-hybridized carbons (Fsp3) is 0.167. The van der Waals surface area contributed by atoms with Gasteiger partial charge >= 0.3 is 0 Å². The van der Waals surface area contributed by atoms with Crippen LogP contribution in [0.4, 0.5) is 5.69 Å². The van der Waals surface area contributed by atoms with Crippen molar-refractivity contribution in [1.82, 2.24) is 30.3 Å². The molecule has 12 heteroatoms. The van der Waals surface area contributed by atoms with Gasteiger partial charge in [-0.3, -0.25) is 10.1 Å². The smallest absolute Gasteiger partial charge is 0.269 e. The predicted octanol–water partition coefficient (Wildman–Crippen LogP) is 2.98. The molecule has 4 rings (SSSR count). The summed E-state index contributed by atoms with van der Waals surface area (Å²) < 4.78 is 12.1. The van der Waals surface area contributed by atoms with E-state index in [4.69, 9.17) is 9.26 Å². The molecule has 2 aromatic carbocycles. The number of rotatable bonds is 8. The molecule has 0 aliphatic rings. The molecule has 0 fully saturated rings. The molecule has 0 saturated carbocycles. The minimum atomic E-state index is -0.460. The minimum Gasteiger partial charge on any atom is -0.497 e. The first kappa shape index (κ1) is 19.5. The molecule has 0 bridgehead atoms. The number of benzene rings is 2. The fourth-order valence-corrected chi connectivity index (χ4v) is 3.31. The van der Waals surface area contributed by atoms with Crippen molar-refractivity contribution in [2.24, 2.45) is 0 Å². The summed E-state index contributed by atoms with van der Waals surface area (Å²) >= 11 is 1.37. The summed E-state index contributed by atoms with van der Waals surface area (Å²) in [6.45, 7) is 0.511. The summed E-state index contributed by atoms with van der Waals surface area (Å²) in [5.74, 6) is 1.92. The third kappa shape index (κ3) is 4.43. The molecule has 0 unspecified atom stereocenters. The van der Waals surface area contributed by atoms with Gasteiger partial charge in [-0.2, -0.15) is 4.98 Å². The highest BCUT2D eigenvalue weighted by atomic mass is 32.2. The Balaban J connectivity index is 1.40. The van der Waals surface area contributed by atoms with Crippen LogP contribution in [0.2, 0.25) is 0 Å². The third-order valence-corrected chi connectivity index (χ3v) is 5.06. The van der Waals surface area contributed by atoms with E-state index in [1.807, 2.05) is 24.3 Å². The van der Waals surface area contributed by atoms with Gasteiger partial charge in [0.1, 0.15) is 5.75 Å². The Morgan fingerprint density at radius 1 is 1.17 bits per heavy atom. The van der Waals surface area contributed by atoms with E-state index in [1.165, 1.54) is 23.9 Å². The maximum Gasteiger partial charge on any atom is 0.269 e. The molecule has 0 radical (unpaired) electrons. The molecule has 2 aromatic heterocycles. The van der Waals surface area contributed by atoms with E-state index in [9.17, 15) is 10.1 Å². The maximum absolute atomic E-state index is 10.8. The zero-order valence-corrected chi connectivity index (χ0v) is 16.5. The fourth-order valence-electron chi connectivity index (χ4n) is 2.59. The zero-order valence-electron chi connectivity index (χ0n) is 15.7. The average molecular weight is 425 g/mol. The van der Waals surface area contributed by atoms with Gasteiger partial charge in [-0.25, -0.2) is 4.68 Å². The normalized spacial score (nSPS) is 10.8. The number of thioether (sulfide) groups is 1. The lowest BCUT2D eigenvalue weighted by Crippen LogP contribution is -2.04. The van der Waals surface area contributed by atoms with Crippen LogP contribution in [0.5, 0.6) is 5.75 Å². The number of hydrogen-bond donors (Lipinski definition) is 0. The van der Waals surface area contributed by atoms with Crippen molar-refractivity contribution >= 4 is 17.4 Å². The Labute approximate surface area is 174 Å². The van der Waals surface area contributed by atoms with Crippen LogP contribution in [0, 0.1) is 10.1 Å². The van der Waals surface area contributed by atoms with Gasteiger partial charge in [0.15, 0.2) is 0 Å². The molecule has 0 saturated heterocycles. The summed E-state index contributed by atoms with van der Waals surface area (Å²) in [4.78, 5) is 14.6. The molecular formula is C18H15N7O4S. The summed E-state index contributed by atoms with van der Waals surface area (Å²) in [6.07, 6.45) is 0. The number of nitrogens with zero attached hydrogens (tertiary/aromatic N) is 7. The zero-order chi connectivity index (χ0) is 20.9. The number of hydrogen-bond acceptors (Lipinski definition) is 10. The Morgan fingerprint density at radius 3 is 2.63 bits per heavy atom. The lowest BCUT2D eigenvalue weighted by molar-refractivity contribution is -0.384. The Kier molecular flexibility index (Phi) is 5.66. The number of methoxy groups -OCH3 is 1. The van der Waals surface area contributed by atoms with E-state index in [1.54, 1.807) is 23.9 Å². The molecule has 4 aromatic rings. The predicted molar refractivity (Wildman–Crippen MR) is 106 cm³/mol. The Morgan fingerprint density at radius 2 is 1.93 bits per heavy atom. The standard InChI is InChI=1S/C18H15N7O4S/c1-28-15-8-2-12(3-9-15)10-24-18(20-22-23-24)30-11-16-19-17(21-29-16)13-4-6-14(7-5-13)25(26)27/h2-9H,10-11H2,1H3. The van der Waals surface area contributed by atoms with E-state index < -0.39 is 4.92 Å². The molecule has 152 valence electrons. The van der Waals surface area contributed by atoms with Crippen molar-refractivity contribution in [3.05, 3.63) is 70.1 Å². The molecule has 0 atom stereocenters. The monoisotopic (exact) mass is 425 g/mol. The number of ether oxygens (including phenoxy) is 1. The quantitative estimate of drug-likeness (QED) is 0.235. The highest BCUT2D eigenvalue weighted by molar-refractivity contribution is 7.98. The molecule has 0 aliphatic carbocycles. The maximum atomic E-state index is 10.8. The number of tetrazole rings is 1. The van der Waals surface area contributed by atoms with E-state index in [2.05, 4.69) is 25.7 Å². The highest BCUT2D eigenvalue weighted by Crippen LogP contribution is 2.24. The van der Waals surface area contributed by atoms with Crippen LogP contribution >= 0.6 is 11.8 Å². The van der Waals surface area contributed by atoms with Gasteiger partial charge in [-0.05, 0) is 40.3 Å². The van der Waals surface area contributed by atoms with E-state index in [-0.39, 0.29) is 5.69 Å². The van der Waals surface area contributed by atoms with Crippen molar-refractivity contribution in [2.75, 3.05) is 7.11 Å². The highest BCUT2D eigenvalue weighted by Gasteiger charge is 2.14. The molecule has 30 heavy (non-hydrogen) atoms. The summed E-state index contributed by atoms with van der Waals surface area (Å²) in [6, 6.07) is 13.6. The van der Waals surface area contributed by atoms with E-state index >= 15 is 0 Å². The minimum absolute atomic E-state index is 0.00159. The van der Waals surface area contributed by atoms with Crippen LogP contribution in [0.25, 0.3) is 11.4 Å². The van der Waals surface area contributed by atoms with Gasteiger partial charge in [-0.15, -0.1) is 5.10 Å². The molecule has 0 amide bonds. The van der Waals surface area contributed by atoms with Crippen molar-refractivity contribution in [2.45, 2.75) is 17.5 Å². The molecule has 0 spiro atoms. The summed E-state index contributed by atoms with van der Waals surface area (Å²) in [5.41, 5.74) is 1.66. The van der Waals surface area contributed by atoms with Crippen LogP contribution in [0.1, 0.15) is 11.5 Å². The van der Waals surface area contributed by atoms with Gasteiger partial charge < -0.3 is 9.26 Å². The average Bonchev–Trinajstić information content (AvgIpc) is 3.42. The SMILES string of the molecule is COc1ccc(Cn2nnnc2SCc2nc(-c3ccc([N+](=O)[O-])cc3)no2)cc1. The van der Waals surface area contributed by atoms with Crippen molar-refractivity contribution in [3.63, 3.8) is 0 Å². The van der Waals surface area contributed by atoms with Crippen LogP contribution < -0.4 is 4.74 Å². The van der Waals surface area contributed by atoms with Gasteiger partial charge in [0.25, 0.3) is 5.69 Å². The lowest BCUT2D eigenvalue weighted by atomic mass is 10.2. The number of aromatic nitrogens is 6. The first-order valence-electron chi connectivity index (χ1n) is 8.71. The topological polar surface area (TPSA) is 135 Å². The Bertz CT molecular complexity index is 1140. The van der Waals surface area contributed by atoms with Crippen LogP contribution in [-0.4, -0.2) is 42.4 Å². The molecule has 0 N–H and O–H groups in total. The van der Waals surface area contributed by atoms with Gasteiger partial charge in [0, 0.05) is 17.7 Å². The third-order valence-electron chi connectivity index (χ3n) is 4.12. The second-order valence-electron chi connectivity index (χ2n) is 6.07. The second-order valence-corrected chi connectivity index (χ2v) is 7.01. The van der Waals surface area contributed by atoms with E-state index in [0.29, 0.717) is 34.7 Å². The van der Waals surface area contributed by atoms with Crippen molar-refractivity contribution < 1.29 is 14.2 Å². The first-order valence-corrected chi connectivity index (χ1v) is 9.70. The summed E-state index contributed by atoms with van der Waals surface area (Å²) in [5, 5.41) is 27.1. The number of nitro groups is 1. The van der Waals surface area contributed by atoms with E-state index in [0.717, 1.165) is 11.3 Å². The Hall–Kier alpha value is -3.80. The summed E-state index contributed by atoms with van der Waals surface area (Å²) in [7, 11) is 1.62. The van der Waals surface area contributed by atoms with Gasteiger partial charge in [0.2, 0.25) is 16.9 Å². The molecule has 11 nitrogen and oxygen atoms in total. The van der Waals surface area contributed by atoms with Crippen LogP contribution in [0.3, 0.4) is 0 Å². The molecule has 0 aliphatic heterocycles. The lowest BCUT2D eigenvalue weighted by Gasteiger charge is -2.05. The van der Waals surface area contributed by atoms with Gasteiger partial charge in [0.05, 0.1) is 24.3 Å². The number of nitro benzene ring substituents is 1. The first-order chi connectivity index (χ1) is 14.6. The second kappa shape index (κ2) is 8.69.